The van der Waals surface area contributed by atoms with Crippen LogP contribution in [0, 0.1) is 0 Å². The number of aromatic nitrogens is 2. The SMILES string of the molecule is Clc1ccccc1-c1cc2c(C3CCNCC3)ncnc2cc1Cl. The molecule has 122 valence electrons. The third-order valence-corrected chi connectivity index (χ3v) is 5.29. The van der Waals surface area contributed by atoms with Crippen LogP contribution in [0.3, 0.4) is 0 Å². The van der Waals surface area contributed by atoms with Gasteiger partial charge in [-0.2, -0.15) is 0 Å². The molecule has 0 saturated carbocycles. The van der Waals surface area contributed by atoms with E-state index in [1.165, 1.54) is 0 Å². The van der Waals surface area contributed by atoms with Crippen molar-refractivity contribution in [2.75, 3.05) is 13.1 Å². The predicted molar refractivity (Wildman–Crippen MR) is 99.8 cm³/mol. The summed E-state index contributed by atoms with van der Waals surface area (Å²) in [6, 6.07) is 11.8. The summed E-state index contributed by atoms with van der Waals surface area (Å²) in [6.45, 7) is 2.06. The van der Waals surface area contributed by atoms with Crippen LogP contribution in [0.2, 0.25) is 10.0 Å². The van der Waals surface area contributed by atoms with E-state index in [0.717, 1.165) is 53.7 Å². The first-order chi connectivity index (χ1) is 11.7. The lowest BCUT2D eigenvalue weighted by atomic mass is 9.91. The first-order valence-corrected chi connectivity index (χ1v) is 8.89. The highest BCUT2D eigenvalue weighted by Gasteiger charge is 2.20. The van der Waals surface area contributed by atoms with Crippen molar-refractivity contribution >= 4 is 34.1 Å². The quantitative estimate of drug-likeness (QED) is 0.695. The third kappa shape index (κ3) is 2.88. The maximum atomic E-state index is 6.52. The van der Waals surface area contributed by atoms with Crippen LogP contribution in [0.25, 0.3) is 22.0 Å². The molecule has 0 atom stereocenters. The molecular formula is C19H17Cl2N3. The lowest BCUT2D eigenvalue weighted by Crippen LogP contribution is -2.27. The summed E-state index contributed by atoms with van der Waals surface area (Å²) in [4.78, 5) is 9.01. The molecule has 24 heavy (non-hydrogen) atoms. The van der Waals surface area contributed by atoms with E-state index in [9.17, 15) is 0 Å². The molecule has 1 saturated heterocycles. The minimum Gasteiger partial charge on any atom is -0.317 e. The number of nitrogens with zero attached hydrogens (tertiary/aromatic N) is 2. The molecule has 1 N–H and O–H groups in total. The Kier molecular flexibility index (Phi) is 4.40. The number of hydrogen-bond acceptors (Lipinski definition) is 3. The molecular weight excluding hydrogens is 341 g/mol. The average molecular weight is 358 g/mol. The van der Waals surface area contributed by atoms with Crippen LogP contribution in [0.1, 0.15) is 24.5 Å². The van der Waals surface area contributed by atoms with E-state index in [1.54, 1.807) is 6.33 Å². The van der Waals surface area contributed by atoms with E-state index < -0.39 is 0 Å². The van der Waals surface area contributed by atoms with Crippen molar-refractivity contribution in [1.82, 2.24) is 15.3 Å². The molecule has 0 radical (unpaired) electrons. The number of halogens is 2. The van der Waals surface area contributed by atoms with Crippen molar-refractivity contribution in [2.45, 2.75) is 18.8 Å². The number of rotatable bonds is 2. The number of piperidine rings is 1. The van der Waals surface area contributed by atoms with Crippen molar-refractivity contribution < 1.29 is 0 Å². The van der Waals surface area contributed by atoms with Crippen LogP contribution in [0.15, 0.2) is 42.7 Å². The fourth-order valence-electron chi connectivity index (χ4n) is 3.40. The summed E-state index contributed by atoms with van der Waals surface area (Å²) in [6.07, 6.45) is 3.83. The van der Waals surface area contributed by atoms with Gasteiger partial charge in [0.2, 0.25) is 0 Å². The van der Waals surface area contributed by atoms with E-state index in [2.05, 4.69) is 21.4 Å². The predicted octanol–water partition coefficient (Wildman–Crippen LogP) is 5.07. The minimum atomic E-state index is 0.456. The van der Waals surface area contributed by atoms with Crippen LogP contribution < -0.4 is 5.32 Å². The summed E-state index contributed by atoms with van der Waals surface area (Å²) < 4.78 is 0. The summed E-state index contributed by atoms with van der Waals surface area (Å²) in [5.41, 5.74) is 3.87. The summed E-state index contributed by atoms with van der Waals surface area (Å²) in [5, 5.41) is 5.83. The molecule has 1 aliphatic rings. The third-order valence-electron chi connectivity index (χ3n) is 4.64. The van der Waals surface area contributed by atoms with Crippen LogP contribution in [0.4, 0.5) is 0 Å². The van der Waals surface area contributed by atoms with Gasteiger partial charge in [0.25, 0.3) is 0 Å². The summed E-state index contributed by atoms with van der Waals surface area (Å²) >= 11 is 12.9. The zero-order valence-electron chi connectivity index (χ0n) is 13.1. The fourth-order valence-corrected chi connectivity index (χ4v) is 3.90. The first kappa shape index (κ1) is 15.8. The van der Waals surface area contributed by atoms with Gasteiger partial charge in [-0.25, -0.2) is 9.97 Å². The second-order valence-corrected chi connectivity index (χ2v) is 6.93. The van der Waals surface area contributed by atoms with E-state index in [4.69, 9.17) is 23.2 Å². The Labute approximate surface area is 151 Å². The van der Waals surface area contributed by atoms with E-state index in [0.29, 0.717) is 16.0 Å². The van der Waals surface area contributed by atoms with Crippen molar-refractivity contribution in [3.05, 3.63) is 58.5 Å². The molecule has 5 heteroatoms. The Bertz CT molecular complexity index is 889. The molecule has 0 spiro atoms. The second kappa shape index (κ2) is 6.67. The van der Waals surface area contributed by atoms with Crippen LogP contribution in [-0.2, 0) is 0 Å². The van der Waals surface area contributed by atoms with Crippen molar-refractivity contribution in [3.8, 4) is 11.1 Å². The molecule has 0 bridgehead atoms. The topological polar surface area (TPSA) is 37.8 Å². The monoisotopic (exact) mass is 357 g/mol. The molecule has 1 aliphatic heterocycles. The highest BCUT2D eigenvalue weighted by Crippen LogP contribution is 2.38. The second-order valence-electron chi connectivity index (χ2n) is 6.11. The van der Waals surface area contributed by atoms with Crippen LogP contribution in [-0.4, -0.2) is 23.1 Å². The summed E-state index contributed by atoms with van der Waals surface area (Å²) in [5.74, 6) is 0.456. The van der Waals surface area contributed by atoms with Gasteiger partial charge in [0.15, 0.2) is 0 Å². The van der Waals surface area contributed by atoms with Crippen molar-refractivity contribution in [2.24, 2.45) is 0 Å². The fraction of sp³-hybridized carbons (Fsp3) is 0.263. The van der Waals surface area contributed by atoms with E-state index in [1.807, 2.05) is 30.3 Å². The van der Waals surface area contributed by atoms with Crippen molar-refractivity contribution in [1.29, 1.82) is 0 Å². The number of hydrogen-bond donors (Lipinski definition) is 1. The van der Waals surface area contributed by atoms with Gasteiger partial charge in [-0.1, -0.05) is 41.4 Å². The van der Waals surface area contributed by atoms with E-state index >= 15 is 0 Å². The lowest BCUT2D eigenvalue weighted by Gasteiger charge is -2.23. The maximum Gasteiger partial charge on any atom is 0.116 e. The number of fused-ring (bicyclic) bond motifs is 1. The maximum absolute atomic E-state index is 6.52. The lowest BCUT2D eigenvalue weighted by molar-refractivity contribution is 0.455. The minimum absolute atomic E-state index is 0.456. The molecule has 4 rings (SSSR count). The van der Waals surface area contributed by atoms with Gasteiger partial charge in [0.1, 0.15) is 6.33 Å². The van der Waals surface area contributed by atoms with Gasteiger partial charge in [0, 0.05) is 27.5 Å². The highest BCUT2D eigenvalue weighted by atomic mass is 35.5. The first-order valence-electron chi connectivity index (χ1n) is 8.14. The molecule has 0 unspecified atom stereocenters. The van der Waals surface area contributed by atoms with Crippen LogP contribution >= 0.6 is 23.2 Å². The molecule has 0 amide bonds. The molecule has 3 aromatic rings. The van der Waals surface area contributed by atoms with Gasteiger partial charge >= 0.3 is 0 Å². The molecule has 1 fully saturated rings. The standard InChI is InChI=1S/C19H17Cl2N3/c20-16-4-2-1-3-13(16)14-9-15-18(10-17(14)21)23-11-24-19(15)12-5-7-22-8-6-12/h1-4,9-12,22H,5-8H2. The zero-order valence-corrected chi connectivity index (χ0v) is 14.6. The van der Waals surface area contributed by atoms with Crippen LogP contribution in [0.5, 0.6) is 0 Å². The zero-order chi connectivity index (χ0) is 16.5. The normalized spacial score (nSPS) is 15.8. The largest absolute Gasteiger partial charge is 0.317 e. The Morgan fingerprint density at radius 2 is 1.71 bits per heavy atom. The molecule has 1 aromatic heterocycles. The average Bonchev–Trinajstić information content (AvgIpc) is 2.62. The molecule has 2 heterocycles. The molecule has 3 nitrogen and oxygen atoms in total. The van der Waals surface area contributed by atoms with Gasteiger partial charge in [-0.05, 0) is 44.1 Å². The van der Waals surface area contributed by atoms with Gasteiger partial charge in [-0.15, -0.1) is 0 Å². The van der Waals surface area contributed by atoms with E-state index in [-0.39, 0.29) is 0 Å². The van der Waals surface area contributed by atoms with Gasteiger partial charge in [-0.3, -0.25) is 0 Å². The molecule has 2 aromatic carbocycles. The summed E-state index contributed by atoms with van der Waals surface area (Å²) in [7, 11) is 0. The Morgan fingerprint density at radius 1 is 0.917 bits per heavy atom. The Balaban J connectivity index is 1.90. The Hall–Kier alpha value is -1.68. The van der Waals surface area contributed by atoms with Gasteiger partial charge < -0.3 is 5.32 Å². The molecule has 0 aliphatic carbocycles. The number of nitrogens with one attached hydrogen (secondary N) is 1. The Morgan fingerprint density at radius 3 is 2.50 bits per heavy atom. The van der Waals surface area contributed by atoms with Crippen molar-refractivity contribution in [3.63, 3.8) is 0 Å². The van der Waals surface area contributed by atoms with Gasteiger partial charge in [0.05, 0.1) is 16.2 Å². The highest BCUT2D eigenvalue weighted by molar-refractivity contribution is 6.37. The number of benzene rings is 2. The smallest absolute Gasteiger partial charge is 0.116 e.